The van der Waals surface area contributed by atoms with Crippen molar-refractivity contribution < 1.29 is 38.2 Å². The van der Waals surface area contributed by atoms with E-state index in [4.69, 9.17) is 15.2 Å². The van der Waals surface area contributed by atoms with Gasteiger partial charge in [0.15, 0.2) is 0 Å². The molecular weight excluding hydrogens is 779 g/mol. The molecule has 0 radical (unpaired) electrons. The Kier molecular flexibility index (Phi) is 23.9. The van der Waals surface area contributed by atoms with E-state index in [-0.39, 0.29) is 31.9 Å². The van der Waals surface area contributed by atoms with Crippen molar-refractivity contribution >= 4 is 35.6 Å². The Labute approximate surface area is 362 Å². The fourth-order valence-corrected chi connectivity index (χ4v) is 7.31. The highest BCUT2D eigenvalue weighted by atomic mass is 16.5. The van der Waals surface area contributed by atoms with Gasteiger partial charge in [-0.15, -0.1) is 0 Å². The number of hydrogen-bond donors (Lipinski definition) is 5. The Hall–Kier alpha value is -5.21. The number of hydrogen-bond acceptors (Lipinski definition) is 9. The number of carbonyl (C=O) groups excluding carboxylic acids is 6. The Morgan fingerprint density at radius 1 is 0.770 bits per heavy atom. The zero-order valence-electron chi connectivity index (χ0n) is 36.7. The largest absolute Gasteiger partial charge is 0.488 e. The van der Waals surface area contributed by atoms with Crippen LogP contribution in [0.25, 0.3) is 0 Å². The van der Waals surface area contributed by atoms with E-state index in [2.05, 4.69) is 33.2 Å². The van der Waals surface area contributed by atoms with Gasteiger partial charge in [-0.2, -0.15) is 0 Å². The number of carbonyl (C=O) groups is 6. The topological polar surface area (TPSA) is 211 Å². The van der Waals surface area contributed by atoms with Gasteiger partial charge in [-0.05, 0) is 57.2 Å². The Morgan fingerprint density at radius 2 is 1.39 bits per heavy atom. The van der Waals surface area contributed by atoms with Crippen molar-refractivity contribution in [2.24, 2.45) is 5.73 Å². The van der Waals surface area contributed by atoms with E-state index in [0.29, 0.717) is 31.6 Å². The van der Waals surface area contributed by atoms with Crippen LogP contribution in [0.1, 0.15) is 142 Å². The minimum absolute atomic E-state index is 0.0856. The van der Waals surface area contributed by atoms with Gasteiger partial charge in [0, 0.05) is 31.8 Å². The second kappa shape index (κ2) is 29.1. The third-order valence-electron chi connectivity index (χ3n) is 10.9. The van der Waals surface area contributed by atoms with Gasteiger partial charge in [0.2, 0.25) is 29.5 Å². The van der Waals surface area contributed by atoms with Crippen LogP contribution in [0.4, 0.5) is 4.79 Å². The average molecular weight is 850 g/mol. The molecule has 5 atom stereocenters. The van der Waals surface area contributed by atoms with Gasteiger partial charge in [0.25, 0.3) is 0 Å². The van der Waals surface area contributed by atoms with Gasteiger partial charge in [-0.1, -0.05) is 114 Å². The molecule has 0 bridgehead atoms. The molecule has 15 nitrogen and oxygen atoms in total. The van der Waals surface area contributed by atoms with Gasteiger partial charge in [0.05, 0.1) is 6.54 Å². The van der Waals surface area contributed by atoms with Crippen molar-refractivity contribution in [3.05, 3.63) is 60.4 Å². The summed E-state index contributed by atoms with van der Waals surface area (Å²) in [6.45, 7) is 5.84. The summed E-state index contributed by atoms with van der Waals surface area (Å²) in [7, 11) is 0. The lowest BCUT2D eigenvalue weighted by molar-refractivity contribution is -0.141. The molecule has 6 N–H and O–H groups in total. The van der Waals surface area contributed by atoms with Crippen LogP contribution in [0.15, 0.2) is 54.9 Å². The highest BCUT2D eigenvalue weighted by Gasteiger charge is 2.43. The Balaban J connectivity index is 1.44. The number of nitrogens with one attached hydrogen (secondary N) is 4. The van der Waals surface area contributed by atoms with E-state index in [1.54, 1.807) is 31.5 Å². The van der Waals surface area contributed by atoms with Crippen LogP contribution >= 0.6 is 0 Å². The third-order valence-corrected chi connectivity index (χ3v) is 10.9. The summed E-state index contributed by atoms with van der Waals surface area (Å²) in [5.74, 6) is -2.09. The smallest absolute Gasteiger partial charge is 0.407 e. The Morgan fingerprint density at radius 3 is 2.02 bits per heavy atom. The number of nitrogens with zero attached hydrogens (tertiary/aromatic N) is 2. The predicted molar refractivity (Wildman–Crippen MR) is 234 cm³/mol. The van der Waals surface area contributed by atoms with E-state index in [0.717, 1.165) is 31.2 Å². The van der Waals surface area contributed by atoms with Crippen molar-refractivity contribution in [3.8, 4) is 5.75 Å². The van der Waals surface area contributed by atoms with Crippen molar-refractivity contribution in [2.45, 2.75) is 173 Å². The standard InChI is InChI=1S/C46H71N7O8/c1-4-5-6-7-8-9-10-11-12-13-14-15-19-25-41(54)50-35(3)45(58)53-32-38(61-37-26-29-48-30-27-37)31-40(53)44(57)51-34(2)43(56)52-39(42(47)55)24-20-21-28-49-46(59)60-33-36-22-17-16-18-23-36/h16-18,22-23,26-27,29-30,34-35,38-40H,4-15,19-21,24-25,28,31-33H2,1-3H3,(H2,47,55)(H,49,59)(H,50,54)(H,51,57)(H,52,56)/t34-,35-,38+,39-,40-/m0/s1. The third kappa shape index (κ3) is 20.3. The van der Waals surface area contributed by atoms with Crippen LogP contribution in [-0.4, -0.2) is 88.9 Å². The molecule has 15 heteroatoms. The molecule has 1 fully saturated rings. The summed E-state index contributed by atoms with van der Waals surface area (Å²) in [5, 5.41) is 10.8. The minimum Gasteiger partial charge on any atom is -0.488 e. The number of primary amides is 1. The van der Waals surface area contributed by atoms with Gasteiger partial charge in [0.1, 0.15) is 42.6 Å². The summed E-state index contributed by atoms with van der Waals surface area (Å²) in [5.41, 5.74) is 6.45. The van der Waals surface area contributed by atoms with Crippen molar-refractivity contribution in [2.75, 3.05) is 13.1 Å². The van der Waals surface area contributed by atoms with Gasteiger partial charge >= 0.3 is 6.09 Å². The minimum atomic E-state index is -1.08. The number of likely N-dealkylation sites (tertiary alicyclic amines) is 1. The summed E-state index contributed by atoms with van der Waals surface area (Å²) >= 11 is 0. The molecule has 0 saturated carbocycles. The zero-order valence-corrected chi connectivity index (χ0v) is 36.7. The van der Waals surface area contributed by atoms with E-state index in [1.165, 1.54) is 69.6 Å². The molecule has 1 aliphatic rings. The van der Waals surface area contributed by atoms with Crippen LogP contribution in [0.3, 0.4) is 0 Å². The maximum Gasteiger partial charge on any atom is 0.407 e. The fraction of sp³-hybridized carbons (Fsp3) is 0.630. The summed E-state index contributed by atoms with van der Waals surface area (Å²) < 4.78 is 11.3. The van der Waals surface area contributed by atoms with E-state index < -0.39 is 60.0 Å². The summed E-state index contributed by atoms with van der Waals surface area (Å²) in [6, 6.07) is 8.67. The molecule has 1 aromatic heterocycles. The predicted octanol–water partition coefficient (Wildman–Crippen LogP) is 5.99. The second-order valence-electron chi connectivity index (χ2n) is 16.1. The first-order chi connectivity index (χ1) is 29.5. The lowest BCUT2D eigenvalue weighted by Gasteiger charge is -2.28. The molecule has 1 aromatic carbocycles. The average Bonchev–Trinajstić information content (AvgIpc) is 3.67. The lowest BCUT2D eigenvalue weighted by Crippen LogP contribution is -2.56. The van der Waals surface area contributed by atoms with Gasteiger partial charge in [-0.25, -0.2) is 4.79 Å². The van der Waals surface area contributed by atoms with Gasteiger partial charge in [-0.3, -0.25) is 29.0 Å². The first-order valence-electron chi connectivity index (χ1n) is 22.5. The number of pyridine rings is 1. The van der Waals surface area contributed by atoms with Crippen molar-refractivity contribution in [3.63, 3.8) is 0 Å². The number of alkyl carbamates (subject to hydrolysis) is 1. The molecule has 0 spiro atoms. The molecule has 2 heterocycles. The normalized spacial score (nSPS) is 16.1. The molecular formula is C46H71N7O8. The van der Waals surface area contributed by atoms with Crippen LogP contribution in [0.5, 0.6) is 5.75 Å². The van der Waals surface area contributed by atoms with E-state index in [1.807, 2.05) is 30.3 Å². The summed E-state index contributed by atoms with van der Waals surface area (Å²) in [4.78, 5) is 83.2. The number of ether oxygens (including phenoxy) is 2. The molecule has 338 valence electrons. The quantitative estimate of drug-likeness (QED) is 0.0584. The number of rotatable bonds is 30. The lowest BCUT2D eigenvalue weighted by atomic mass is 10.0. The number of amides is 6. The van der Waals surface area contributed by atoms with Crippen LogP contribution < -0.4 is 31.7 Å². The van der Waals surface area contributed by atoms with Gasteiger partial charge < -0.3 is 41.4 Å². The number of unbranched alkanes of at least 4 members (excludes halogenated alkanes) is 13. The first kappa shape index (κ1) is 50.1. The number of nitrogens with two attached hydrogens (primary N) is 1. The fourth-order valence-electron chi connectivity index (χ4n) is 7.31. The Bertz CT molecular complexity index is 1620. The van der Waals surface area contributed by atoms with Crippen LogP contribution in [0.2, 0.25) is 0 Å². The SMILES string of the molecule is CCCCCCCCCCCCCCCC(=O)N[C@@H](C)C(=O)N1C[C@H](Oc2ccncc2)C[C@H]1C(=O)N[C@@H](C)C(=O)N[C@@H](CCCCNC(=O)OCc1ccccc1)C(N)=O. The van der Waals surface area contributed by atoms with E-state index >= 15 is 0 Å². The molecule has 1 aliphatic heterocycles. The monoisotopic (exact) mass is 850 g/mol. The molecule has 2 aromatic rings. The highest BCUT2D eigenvalue weighted by molar-refractivity contribution is 5.95. The maximum absolute atomic E-state index is 13.8. The van der Waals surface area contributed by atoms with Crippen molar-refractivity contribution in [1.82, 2.24) is 31.2 Å². The van der Waals surface area contributed by atoms with Crippen LogP contribution in [0, 0.1) is 0 Å². The number of aromatic nitrogens is 1. The van der Waals surface area contributed by atoms with Crippen LogP contribution in [-0.2, 0) is 35.3 Å². The molecule has 61 heavy (non-hydrogen) atoms. The highest BCUT2D eigenvalue weighted by Crippen LogP contribution is 2.24. The summed E-state index contributed by atoms with van der Waals surface area (Å²) in [6.07, 6.45) is 19.3. The van der Waals surface area contributed by atoms with E-state index in [9.17, 15) is 28.8 Å². The molecule has 6 amide bonds. The molecule has 0 aliphatic carbocycles. The number of benzene rings is 1. The van der Waals surface area contributed by atoms with Crippen molar-refractivity contribution in [1.29, 1.82) is 0 Å². The molecule has 3 rings (SSSR count). The first-order valence-corrected chi connectivity index (χ1v) is 22.5. The second-order valence-corrected chi connectivity index (χ2v) is 16.1. The zero-order chi connectivity index (χ0) is 44.2. The molecule has 1 saturated heterocycles. The maximum atomic E-state index is 13.8. The molecule has 0 unspecified atom stereocenters.